The van der Waals surface area contributed by atoms with Gasteiger partial charge in [0, 0.05) is 6.42 Å². The average Bonchev–Trinajstić information content (AvgIpc) is 1.05. The maximum Gasteiger partial charge on any atom is 0.220 e. The van der Waals surface area contributed by atoms with Crippen LogP contribution in [-0.2, 0) is 23.7 Å². The third-order valence-electron chi connectivity index (χ3n) is 15.9. The predicted octanol–water partition coefficient (Wildman–Crippen LogP) is 14.8. The summed E-state index contributed by atoms with van der Waals surface area (Å²) in [5.41, 5.74) is 0. The van der Waals surface area contributed by atoms with Crippen LogP contribution in [0.4, 0.5) is 0 Å². The zero-order valence-electron chi connectivity index (χ0n) is 56.5. The lowest BCUT2D eigenvalue weighted by atomic mass is 9.97. The topological polar surface area (TPSA) is 228 Å². The molecule has 0 aromatic rings. The SMILES string of the molecule is CC/C=C\C/C=C\C/C=C\C/C=C\C/C=C\C/C=C\C/C=C\C/C=C\C/C=C\C/C=C\C/C=C\CCCCCCCC(=O)NC(COC1OC(CO)C(OC2OC(CO)C(O)C(O)C2O)C(O)C1O)C(O)/C=C/CC/C=C/CC/C=C/CCCCCCCCCCC. The van der Waals surface area contributed by atoms with Gasteiger partial charge in [-0.2, -0.15) is 0 Å². The summed E-state index contributed by atoms with van der Waals surface area (Å²) >= 11 is 0. The molecule has 9 N–H and O–H groups in total. The van der Waals surface area contributed by atoms with E-state index >= 15 is 0 Å². The number of rotatable bonds is 55. The van der Waals surface area contributed by atoms with Crippen LogP contribution >= 0.6 is 0 Å². The predicted molar refractivity (Wildman–Crippen MR) is 377 cm³/mol. The molecule has 0 bridgehead atoms. The standard InChI is InChI=1S/C78H125NO13/c1-3-5-7-9-11-13-15-17-19-21-23-24-25-26-27-28-29-30-31-32-33-34-35-36-37-38-39-40-41-42-44-46-48-50-52-54-56-58-60-62-70(83)79-66(67(82)61-59-57-55-53-51-49-47-45-43-22-20-18-16-14-12-10-8-6-4-2)65-89-77-75(88)73(86)76(69(64-81)91-77)92-78-74(87)72(85)71(84)68(63-80)90-78/h5,7,11,13,17,19,23-24,26-27,29-30,32-33,35-36,38-39,41-43,45-46,48,51,53,59,61,66-69,71-78,80-82,84-88H,3-4,6,8-10,12,14-16,18,20-22,25,28,31,34,37,40,44,47,49-50,52,54-58,60,62-65H2,1-2H3,(H,79,83)/b7-5-,13-11-,19-17-,24-23-,27-26-,30-29-,33-32-,36-35-,39-38-,42-41-,45-43+,48-46-,53-51+,61-59+. The van der Waals surface area contributed by atoms with E-state index in [0.717, 1.165) is 128 Å². The highest BCUT2D eigenvalue weighted by Gasteiger charge is 2.51. The van der Waals surface area contributed by atoms with Gasteiger partial charge in [0.2, 0.25) is 5.91 Å². The maximum absolute atomic E-state index is 13.3. The summed E-state index contributed by atoms with van der Waals surface area (Å²) < 4.78 is 22.8. The van der Waals surface area contributed by atoms with E-state index in [4.69, 9.17) is 18.9 Å². The normalized spacial score (nSPS) is 23.8. The number of hydrogen-bond acceptors (Lipinski definition) is 13. The van der Waals surface area contributed by atoms with Crippen molar-refractivity contribution in [2.45, 2.75) is 293 Å². The molecule has 2 saturated heterocycles. The van der Waals surface area contributed by atoms with E-state index in [1.165, 1.54) is 57.8 Å². The Morgan fingerprint density at radius 1 is 0.402 bits per heavy atom. The van der Waals surface area contributed by atoms with Gasteiger partial charge in [0.25, 0.3) is 0 Å². The molecule has 2 fully saturated rings. The van der Waals surface area contributed by atoms with E-state index in [1.807, 2.05) is 6.08 Å². The van der Waals surface area contributed by atoms with Gasteiger partial charge in [0.1, 0.15) is 48.8 Å². The largest absolute Gasteiger partial charge is 0.394 e. The Balaban J connectivity index is 1.69. The Hall–Kier alpha value is -4.65. The van der Waals surface area contributed by atoms with Crippen molar-refractivity contribution in [2.24, 2.45) is 0 Å². The first kappa shape index (κ1) is 83.4. The van der Waals surface area contributed by atoms with E-state index in [0.29, 0.717) is 12.8 Å². The van der Waals surface area contributed by atoms with Gasteiger partial charge in [0.05, 0.1) is 32.0 Å². The van der Waals surface area contributed by atoms with Crippen LogP contribution in [0.1, 0.15) is 219 Å². The highest BCUT2D eigenvalue weighted by Crippen LogP contribution is 2.30. The van der Waals surface area contributed by atoms with Gasteiger partial charge in [-0.05, 0) is 128 Å². The summed E-state index contributed by atoms with van der Waals surface area (Å²) in [5, 5.41) is 87.3. The van der Waals surface area contributed by atoms with Gasteiger partial charge in [-0.3, -0.25) is 4.79 Å². The monoisotopic (exact) mass is 1280 g/mol. The first-order valence-corrected chi connectivity index (χ1v) is 35.4. The molecule has 12 atom stereocenters. The molecule has 0 aliphatic carbocycles. The Morgan fingerprint density at radius 3 is 1.20 bits per heavy atom. The third kappa shape index (κ3) is 43.4. The second-order valence-corrected chi connectivity index (χ2v) is 23.9. The van der Waals surface area contributed by atoms with Crippen molar-refractivity contribution in [3.63, 3.8) is 0 Å². The van der Waals surface area contributed by atoms with Crippen molar-refractivity contribution in [1.82, 2.24) is 5.32 Å². The van der Waals surface area contributed by atoms with Crippen molar-refractivity contribution >= 4 is 5.91 Å². The molecular weight excluding hydrogens is 1160 g/mol. The number of hydrogen-bond donors (Lipinski definition) is 9. The van der Waals surface area contributed by atoms with E-state index in [2.05, 4.69) is 177 Å². The van der Waals surface area contributed by atoms with Crippen LogP contribution in [0.25, 0.3) is 0 Å². The second-order valence-electron chi connectivity index (χ2n) is 23.9. The van der Waals surface area contributed by atoms with Crippen molar-refractivity contribution in [3.05, 3.63) is 170 Å². The van der Waals surface area contributed by atoms with Crippen LogP contribution in [0.15, 0.2) is 170 Å². The lowest BCUT2D eigenvalue weighted by Gasteiger charge is -2.46. The van der Waals surface area contributed by atoms with Crippen LogP contribution < -0.4 is 5.32 Å². The number of aliphatic hydroxyl groups is 8. The number of ether oxygens (including phenoxy) is 4. The van der Waals surface area contributed by atoms with Gasteiger partial charge < -0.3 is 65.1 Å². The smallest absolute Gasteiger partial charge is 0.220 e. The summed E-state index contributed by atoms with van der Waals surface area (Å²) in [6, 6.07) is -0.963. The van der Waals surface area contributed by atoms with Crippen LogP contribution in [0.5, 0.6) is 0 Å². The molecule has 0 saturated carbocycles. The minimum atomic E-state index is -1.80. The Labute approximate surface area is 556 Å². The number of carbonyl (C=O) groups excluding carboxylic acids is 1. The van der Waals surface area contributed by atoms with Crippen LogP contribution in [0.2, 0.25) is 0 Å². The molecule has 0 radical (unpaired) electrons. The minimum Gasteiger partial charge on any atom is -0.394 e. The van der Waals surface area contributed by atoms with E-state index in [9.17, 15) is 45.6 Å². The molecule has 1 amide bonds. The highest BCUT2D eigenvalue weighted by molar-refractivity contribution is 5.76. The molecule has 2 aliphatic rings. The van der Waals surface area contributed by atoms with Gasteiger partial charge in [-0.25, -0.2) is 0 Å². The lowest BCUT2D eigenvalue weighted by Crippen LogP contribution is -2.65. The van der Waals surface area contributed by atoms with Crippen molar-refractivity contribution in [3.8, 4) is 0 Å². The fourth-order valence-corrected chi connectivity index (χ4v) is 10.3. The van der Waals surface area contributed by atoms with E-state index in [1.54, 1.807) is 6.08 Å². The number of unbranched alkanes of at least 4 members (excludes halogenated alkanes) is 16. The molecule has 2 aliphatic heterocycles. The molecule has 2 rings (SSSR count). The number of allylic oxidation sites excluding steroid dienone is 27. The fraction of sp³-hybridized carbons (Fsp3) is 0.628. The zero-order chi connectivity index (χ0) is 66.6. The summed E-state index contributed by atoms with van der Waals surface area (Å²) in [5.74, 6) is -0.279. The summed E-state index contributed by atoms with van der Waals surface area (Å²) in [6.07, 6.45) is 76.9. The Bertz CT molecular complexity index is 2200. The van der Waals surface area contributed by atoms with Gasteiger partial charge >= 0.3 is 0 Å². The van der Waals surface area contributed by atoms with Gasteiger partial charge in [-0.1, -0.05) is 255 Å². The molecule has 0 spiro atoms. The number of amides is 1. The zero-order valence-corrected chi connectivity index (χ0v) is 56.5. The minimum absolute atomic E-state index is 0.236. The van der Waals surface area contributed by atoms with Crippen LogP contribution in [-0.4, -0.2) is 140 Å². The van der Waals surface area contributed by atoms with Crippen molar-refractivity contribution in [2.75, 3.05) is 19.8 Å². The molecule has 2 heterocycles. The number of aliphatic hydroxyl groups excluding tert-OH is 8. The van der Waals surface area contributed by atoms with E-state index in [-0.39, 0.29) is 18.9 Å². The van der Waals surface area contributed by atoms with E-state index < -0.39 is 86.8 Å². The number of nitrogens with one attached hydrogen (secondary N) is 1. The second kappa shape index (κ2) is 60.0. The average molecular weight is 1280 g/mol. The molecule has 520 valence electrons. The summed E-state index contributed by atoms with van der Waals surface area (Å²) in [7, 11) is 0. The Kier molecular flexibility index (Phi) is 54.5. The summed E-state index contributed by atoms with van der Waals surface area (Å²) in [6.45, 7) is 2.63. The molecule has 92 heavy (non-hydrogen) atoms. The lowest BCUT2D eigenvalue weighted by molar-refractivity contribution is -0.359. The third-order valence-corrected chi connectivity index (χ3v) is 15.9. The molecule has 0 aromatic carbocycles. The maximum atomic E-state index is 13.3. The first-order chi connectivity index (χ1) is 45.1. The molecule has 0 aromatic heterocycles. The highest BCUT2D eigenvalue weighted by atomic mass is 16.7. The summed E-state index contributed by atoms with van der Waals surface area (Å²) in [4.78, 5) is 13.3. The van der Waals surface area contributed by atoms with Crippen LogP contribution in [0, 0.1) is 0 Å². The quantitative estimate of drug-likeness (QED) is 0.0204. The fourth-order valence-electron chi connectivity index (χ4n) is 10.3. The van der Waals surface area contributed by atoms with Gasteiger partial charge in [0.15, 0.2) is 12.6 Å². The number of carbonyl (C=O) groups is 1. The molecule has 14 nitrogen and oxygen atoms in total. The van der Waals surface area contributed by atoms with Crippen molar-refractivity contribution in [1.29, 1.82) is 0 Å². The van der Waals surface area contributed by atoms with Crippen molar-refractivity contribution < 1.29 is 64.6 Å². The first-order valence-electron chi connectivity index (χ1n) is 35.4. The molecule has 14 heteroatoms. The molecule has 12 unspecified atom stereocenters. The molecular formula is C78H125NO13. The van der Waals surface area contributed by atoms with Gasteiger partial charge in [-0.15, -0.1) is 0 Å². The Morgan fingerprint density at radius 2 is 0.761 bits per heavy atom. The van der Waals surface area contributed by atoms with Crippen LogP contribution in [0.3, 0.4) is 0 Å².